The summed E-state index contributed by atoms with van der Waals surface area (Å²) in [6.45, 7) is 6.88. The molecule has 0 heterocycles. The molecule has 0 aliphatic heterocycles. The lowest BCUT2D eigenvalue weighted by Crippen LogP contribution is -2.21. The van der Waals surface area contributed by atoms with Gasteiger partial charge in [-0.05, 0) is 96.5 Å². The van der Waals surface area contributed by atoms with Gasteiger partial charge in [0, 0.05) is 5.41 Å². The largest absolute Gasteiger partial charge is 0.465 e. The predicted molar refractivity (Wildman–Crippen MR) is 164 cm³/mol. The second kappa shape index (κ2) is 12.6. The Morgan fingerprint density at radius 2 is 1.22 bits per heavy atom. The molecule has 0 N–H and O–H groups in total. The fourth-order valence-electron chi connectivity index (χ4n) is 6.86. The Balaban J connectivity index is 1.47. The Morgan fingerprint density at radius 3 is 1.83 bits per heavy atom. The van der Waals surface area contributed by atoms with Crippen LogP contribution in [0.4, 0.5) is 0 Å². The molecule has 0 aromatic heterocycles. The molecule has 41 heavy (non-hydrogen) atoms. The monoisotopic (exact) mass is 552 g/mol. The lowest BCUT2D eigenvalue weighted by molar-refractivity contribution is 0.0600. The van der Waals surface area contributed by atoms with Gasteiger partial charge in [0.05, 0.1) is 18.2 Å². The van der Waals surface area contributed by atoms with Crippen LogP contribution < -0.4 is 4.74 Å². The molecule has 0 saturated heterocycles. The van der Waals surface area contributed by atoms with Crippen LogP contribution in [0.2, 0.25) is 0 Å². The van der Waals surface area contributed by atoms with Crippen molar-refractivity contribution in [2.75, 3.05) is 7.11 Å². The average molecular weight is 553 g/mol. The van der Waals surface area contributed by atoms with Gasteiger partial charge in [-0.3, -0.25) is 0 Å². The molecular weight excluding hydrogens is 508 g/mol. The Bertz CT molecular complexity index is 1390. The first kappa shape index (κ1) is 29.1. The summed E-state index contributed by atoms with van der Waals surface area (Å²) < 4.78 is 10.9. The molecule has 2 aliphatic rings. The van der Waals surface area contributed by atoms with Crippen molar-refractivity contribution in [2.24, 2.45) is 0 Å². The van der Waals surface area contributed by atoms with Gasteiger partial charge < -0.3 is 9.47 Å². The van der Waals surface area contributed by atoms with Gasteiger partial charge in [-0.1, -0.05) is 88.8 Å². The lowest BCUT2D eigenvalue weighted by Gasteiger charge is -2.31. The molecule has 3 aromatic rings. The van der Waals surface area contributed by atoms with E-state index in [1.54, 1.807) is 18.2 Å². The van der Waals surface area contributed by atoms with E-state index in [0.29, 0.717) is 28.7 Å². The molecule has 0 amide bonds. The molecule has 0 unspecified atom stereocenters. The van der Waals surface area contributed by atoms with E-state index >= 15 is 0 Å². The molecule has 0 radical (unpaired) electrons. The number of ether oxygens (including phenoxy) is 2. The highest BCUT2D eigenvalue weighted by molar-refractivity contribution is 5.96. The fraction of sp³-hybridized carbons (Fsp3) is 0.459. The molecule has 4 nitrogen and oxygen atoms in total. The normalized spacial score (nSPS) is 16.8. The summed E-state index contributed by atoms with van der Waals surface area (Å²) in [5.74, 6) is 0.709. The van der Waals surface area contributed by atoms with Crippen molar-refractivity contribution in [3.05, 3.63) is 99.6 Å². The van der Waals surface area contributed by atoms with E-state index < -0.39 is 11.9 Å². The van der Waals surface area contributed by atoms with E-state index in [9.17, 15) is 9.59 Å². The van der Waals surface area contributed by atoms with Crippen molar-refractivity contribution in [3.63, 3.8) is 0 Å². The molecule has 0 spiro atoms. The van der Waals surface area contributed by atoms with Gasteiger partial charge in [-0.15, -0.1) is 0 Å². The maximum absolute atomic E-state index is 13.3. The van der Waals surface area contributed by atoms with Crippen LogP contribution in [-0.4, -0.2) is 19.0 Å². The third kappa shape index (κ3) is 6.42. The third-order valence-corrected chi connectivity index (χ3v) is 9.54. The van der Waals surface area contributed by atoms with E-state index in [2.05, 4.69) is 51.1 Å². The number of aryl methyl sites for hydroxylation is 1. The van der Waals surface area contributed by atoms with Crippen LogP contribution in [0.5, 0.6) is 5.75 Å². The number of methoxy groups -OCH3 is 1. The topological polar surface area (TPSA) is 52.6 Å². The zero-order chi connectivity index (χ0) is 29.0. The van der Waals surface area contributed by atoms with Crippen LogP contribution in [0.25, 0.3) is 0 Å². The van der Waals surface area contributed by atoms with E-state index in [0.717, 1.165) is 18.4 Å². The number of carbonyl (C=O) groups is 2. The number of hydrogen-bond acceptors (Lipinski definition) is 4. The van der Waals surface area contributed by atoms with Gasteiger partial charge in [0.2, 0.25) is 0 Å². The van der Waals surface area contributed by atoms with Crippen LogP contribution in [-0.2, 0) is 10.2 Å². The average Bonchev–Trinajstić information content (AvgIpc) is 3.01. The van der Waals surface area contributed by atoms with E-state index in [-0.39, 0.29) is 5.41 Å². The van der Waals surface area contributed by atoms with Gasteiger partial charge in [0.1, 0.15) is 5.75 Å². The minimum Gasteiger partial charge on any atom is -0.465 e. The number of rotatable bonds is 7. The SMILES string of the molecule is COC(=O)c1cccc(C(=O)Oc2ccc(C(C)(C)c3ccc(C)c(C4CCCCC4)c3)cc2C2CCCCC2)c1. The smallest absolute Gasteiger partial charge is 0.343 e. The summed E-state index contributed by atoms with van der Waals surface area (Å²) in [7, 11) is 1.33. The zero-order valence-electron chi connectivity index (χ0n) is 25.1. The van der Waals surface area contributed by atoms with Gasteiger partial charge in [0.25, 0.3) is 0 Å². The Kier molecular flexibility index (Phi) is 8.97. The highest BCUT2D eigenvalue weighted by Gasteiger charge is 2.29. The van der Waals surface area contributed by atoms with Crippen LogP contribution in [0, 0.1) is 6.92 Å². The van der Waals surface area contributed by atoms with Crippen molar-refractivity contribution < 1.29 is 19.1 Å². The highest BCUT2D eigenvalue weighted by Crippen LogP contribution is 2.43. The maximum atomic E-state index is 13.3. The molecule has 0 atom stereocenters. The maximum Gasteiger partial charge on any atom is 0.343 e. The molecule has 2 aliphatic carbocycles. The summed E-state index contributed by atoms with van der Waals surface area (Å²) in [4.78, 5) is 25.3. The molecule has 2 fully saturated rings. The minimum atomic E-state index is -0.475. The third-order valence-electron chi connectivity index (χ3n) is 9.54. The second-order valence-corrected chi connectivity index (χ2v) is 12.6. The van der Waals surface area contributed by atoms with Gasteiger partial charge in [-0.25, -0.2) is 9.59 Å². The minimum absolute atomic E-state index is 0.197. The summed E-state index contributed by atoms with van der Waals surface area (Å²) in [6, 6.07) is 20.0. The lowest BCUT2D eigenvalue weighted by atomic mass is 9.73. The second-order valence-electron chi connectivity index (χ2n) is 12.6. The number of esters is 2. The quantitative estimate of drug-likeness (QED) is 0.216. The van der Waals surface area contributed by atoms with Crippen LogP contribution in [0.3, 0.4) is 0 Å². The van der Waals surface area contributed by atoms with Crippen molar-refractivity contribution >= 4 is 11.9 Å². The van der Waals surface area contributed by atoms with Crippen molar-refractivity contribution in [1.29, 1.82) is 0 Å². The number of carbonyl (C=O) groups excluding carboxylic acids is 2. The van der Waals surface area contributed by atoms with Crippen molar-refractivity contribution in [1.82, 2.24) is 0 Å². The Hall–Kier alpha value is -3.40. The van der Waals surface area contributed by atoms with E-state index in [4.69, 9.17) is 9.47 Å². The van der Waals surface area contributed by atoms with Crippen molar-refractivity contribution in [2.45, 2.75) is 102 Å². The van der Waals surface area contributed by atoms with Gasteiger partial charge in [-0.2, -0.15) is 0 Å². The predicted octanol–water partition coefficient (Wildman–Crippen LogP) is 9.42. The standard InChI is InChI=1S/C37H44O4/c1-25-18-19-30(23-32(25)26-12-7-5-8-13-26)37(2,3)31-20-21-34(33(24-31)27-14-9-6-10-15-27)41-36(39)29-17-11-16-28(22-29)35(38)40-4/h11,16-24,26-27H,5-10,12-15H2,1-4H3. The first-order chi connectivity index (χ1) is 19.8. The first-order valence-electron chi connectivity index (χ1n) is 15.4. The zero-order valence-corrected chi connectivity index (χ0v) is 25.1. The van der Waals surface area contributed by atoms with Gasteiger partial charge >= 0.3 is 11.9 Å². The van der Waals surface area contributed by atoms with E-state index in [1.807, 2.05) is 6.07 Å². The summed E-state index contributed by atoms with van der Waals surface area (Å²) in [6.07, 6.45) is 12.4. The molecule has 3 aromatic carbocycles. The molecule has 4 heteroatoms. The van der Waals surface area contributed by atoms with Crippen LogP contribution >= 0.6 is 0 Å². The summed E-state index contributed by atoms with van der Waals surface area (Å²) in [5.41, 5.74) is 7.08. The summed E-state index contributed by atoms with van der Waals surface area (Å²) >= 11 is 0. The van der Waals surface area contributed by atoms with Crippen LogP contribution in [0.15, 0.2) is 60.7 Å². The van der Waals surface area contributed by atoms with E-state index in [1.165, 1.54) is 86.8 Å². The Labute approximate surface area is 245 Å². The first-order valence-corrected chi connectivity index (χ1v) is 15.4. The van der Waals surface area contributed by atoms with Gasteiger partial charge in [0.15, 0.2) is 0 Å². The molecule has 0 bridgehead atoms. The van der Waals surface area contributed by atoms with Crippen LogP contribution in [0.1, 0.15) is 138 Å². The van der Waals surface area contributed by atoms with Crippen molar-refractivity contribution in [3.8, 4) is 5.75 Å². The fourth-order valence-corrected chi connectivity index (χ4v) is 6.86. The highest BCUT2D eigenvalue weighted by atomic mass is 16.5. The molecule has 2 saturated carbocycles. The molecular formula is C37H44O4. The summed E-state index contributed by atoms with van der Waals surface area (Å²) in [5, 5.41) is 0. The number of hydrogen-bond donors (Lipinski definition) is 0. The molecule has 5 rings (SSSR count). The Morgan fingerprint density at radius 1 is 0.683 bits per heavy atom. The number of benzene rings is 3. The molecule has 216 valence electrons.